The number of aliphatic imine (C=N–C) groups is 1. The summed E-state index contributed by atoms with van der Waals surface area (Å²) in [5, 5.41) is 3.56. The Morgan fingerprint density at radius 2 is 1.98 bits per heavy atom. The fourth-order valence-electron chi connectivity index (χ4n) is 4.63. The fourth-order valence-corrected chi connectivity index (χ4v) is 4.63. The first-order valence-corrected chi connectivity index (χ1v) is 13.9. The second kappa shape index (κ2) is 13.8. The molecule has 1 aliphatic heterocycles. The molecule has 2 aromatic rings. The van der Waals surface area contributed by atoms with Crippen LogP contribution in [0.5, 0.6) is 11.5 Å². The molecule has 3 rings (SSSR count). The van der Waals surface area contributed by atoms with Crippen LogP contribution in [0.3, 0.4) is 0 Å². The Bertz CT molecular complexity index is 1310. The molecule has 1 fully saturated rings. The Labute approximate surface area is 250 Å². The molecular formula is C30H48N6O6. The molecule has 1 saturated heterocycles. The normalized spacial score (nSPS) is 18.5. The topological polar surface area (TPSA) is 164 Å². The summed E-state index contributed by atoms with van der Waals surface area (Å²) in [5.74, 6) is 1.37. The average molecular weight is 589 g/mol. The maximum atomic E-state index is 14.0. The van der Waals surface area contributed by atoms with E-state index in [0.29, 0.717) is 29.3 Å². The lowest BCUT2D eigenvalue weighted by molar-refractivity contribution is -0.138. The van der Waals surface area contributed by atoms with Gasteiger partial charge in [0.05, 0.1) is 38.6 Å². The summed E-state index contributed by atoms with van der Waals surface area (Å²) in [7, 11) is 1.59. The molecular weight excluding hydrogens is 540 g/mol. The number of nitrogens with one attached hydrogen (secondary N) is 1. The van der Waals surface area contributed by atoms with E-state index in [9.17, 15) is 9.59 Å². The minimum Gasteiger partial charge on any atom is -0.497 e. The van der Waals surface area contributed by atoms with E-state index in [0.717, 1.165) is 5.39 Å². The van der Waals surface area contributed by atoms with Gasteiger partial charge in [-0.05, 0) is 50.6 Å². The van der Waals surface area contributed by atoms with Gasteiger partial charge in [-0.1, -0.05) is 20.8 Å². The average Bonchev–Trinajstić information content (AvgIpc) is 3.30. The summed E-state index contributed by atoms with van der Waals surface area (Å²) < 4.78 is 22.9. The molecule has 234 valence electrons. The number of amides is 2. The van der Waals surface area contributed by atoms with Crippen LogP contribution in [0.4, 0.5) is 10.6 Å². The van der Waals surface area contributed by atoms with E-state index in [1.807, 2.05) is 32.9 Å². The van der Waals surface area contributed by atoms with E-state index in [4.69, 9.17) is 30.4 Å². The van der Waals surface area contributed by atoms with Gasteiger partial charge in [0.2, 0.25) is 5.91 Å². The Hall–Kier alpha value is -3.90. The first kappa shape index (κ1) is 32.6. The lowest BCUT2D eigenvalue weighted by atomic mass is 9.85. The maximum Gasteiger partial charge on any atom is 0.408 e. The number of carbonyl (C=O) groups excluding carboxylic acids is 2. The Morgan fingerprint density at radius 3 is 2.60 bits per heavy atom. The van der Waals surface area contributed by atoms with Crippen LogP contribution in [0.25, 0.3) is 10.9 Å². The van der Waals surface area contributed by atoms with E-state index in [1.54, 1.807) is 57.2 Å². The summed E-state index contributed by atoms with van der Waals surface area (Å²) >= 11 is 0. The zero-order valence-electron chi connectivity index (χ0n) is 25.5. The molecule has 1 aliphatic rings. The number of hydrogen-bond donors (Lipinski definition) is 3. The minimum absolute atomic E-state index is 0. The molecule has 1 aromatic carbocycles. The molecule has 2 heterocycles. The summed E-state index contributed by atoms with van der Waals surface area (Å²) in [6, 6.07) is 6.08. The molecule has 2 amide bonds. The van der Waals surface area contributed by atoms with Crippen molar-refractivity contribution < 1.29 is 31.4 Å². The number of allylic oxidation sites excluding steroid dienone is 1. The van der Waals surface area contributed by atoms with E-state index in [1.165, 1.54) is 6.20 Å². The lowest BCUT2D eigenvalue weighted by Crippen LogP contribution is -2.57. The number of rotatable bonds is 10. The number of alkyl carbamates (subject to hydrolysis) is 1. The Balaban J connectivity index is 0.00000484. The highest BCUT2D eigenvalue weighted by Crippen LogP contribution is 2.34. The van der Waals surface area contributed by atoms with Crippen molar-refractivity contribution in [3.63, 3.8) is 0 Å². The summed E-state index contributed by atoms with van der Waals surface area (Å²) in [6.07, 6.45) is 3.96. The highest BCUT2D eigenvalue weighted by molar-refractivity contribution is 5.89. The number of aromatic nitrogens is 1. The van der Waals surface area contributed by atoms with Crippen LogP contribution in [-0.4, -0.2) is 78.9 Å². The molecule has 12 heteroatoms. The number of nitrogens with zero attached hydrogens (tertiary/aromatic N) is 3. The highest BCUT2D eigenvalue weighted by atomic mass is 16.6. The zero-order valence-corrected chi connectivity index (χ0v) is 25.5. The van der Waals surface area contributed by atoms with Crippen molar-refractivity contribution in [2.45, 2.75) is 71.8 Å². The van der Waals surface area contributed by atoms with Gasteiger partial charge in [0.1, 0.15) is 29.2 Å². The molecule has 0 aliphatic carbocycles. The van der Waals surface area contributed by atoms with E-state index in [-0.39, 0.29) is 40.8 Å². The molecule has 3 atom stereocenters. The molecule has 0 radical (unpaired) electrons. The molecule has 42 heavy (non-hydrogen) atoms. The van der Waals surface area contributed by atoms with Gasteiger partial charge in [-0.25, -0.2) is 14.8 Å². The summed E-state index contributed by atoms with van der Waals surface area (Å²) in [6.45, 7) is 11.5. The van der Waals surface area contributed by atoms with Gasteiger partial charge >= 0.3 is 6.09 Å². The van der Waals surface area contributed by atoms with Gasteiger partial charge in [-0.2, -0.15) is 0 Å². The molecule has 0 saturated carbocycles. The molecule has 5 N–H and O–H groups in total. The lowest BCUT2D eigenvalue weighted by Gasteiger charge is -2.36. The van der Waals surface area contributed by atoms with Gasteiger partial charge in [0.25, 0.3) is 0 Å². The number of carbonyl (C=O) groups is 2. The first-order chi connectivity index (χ1) is 19.7. The van der Waals surface area contributed by atoms with Crippen molar-refractivity contribution in [3.8, 4) is 11.5 Å². The third-order valence-electron chi connectivity index (χ3n) is 6.52. The predicted octanol–water partition coefficient (Wildman–Crippen LogP) is 4.13. The van der Waals surface area contributed by atoms with Crippen LogP contribution in [0.15, 0.2) is 41.5 Å². The number of fused-ring (bicyclic) bond motifs is 1. The molecule has 0 bridgehead atoms. The fraction of sp³-hybridized carbons (Fsp3) is 0.533. The van der Waals surface area contributed by atoms with Crippen LogP contribution in [-0.2, 0) is 14.3 Å². The second-order valence-electron chi connectivity index (χ2n) is 12.1. The first-order valence-electron chi connectivity index (χ1n) is 13.9. The number of likely N-dealkylation sites (tertiary alicyclic amines) is 1. The van der Waals surface area contributed by atoms with Crippen molar-refractivity contribution in [3.05, 3.63) is 36.5 Å². The standard InChI is InChI=1S/C30H44N6O6.2H2/c1-29(2,3)26(35-28(38)42-30(4,5)6)27(37)36-16-21(13-19(36)17-40-18-32)41-24-15-25(33-12-8-11-31)34-23-14-20(39-7)9-10-22(23)24;;/h8-12,14-15,19,21,26H,13,16-18,31-32H2,1-7H3,(H,35,38);2*1H/b11-8-,33-12?;;/t19-,21+,26+;;/m0../s1. The molecule has 0 spiro atoms. The summed E-state index contributed by atoms with van der Waals surface area (Å²) in [4.78, 5) is 37.4. The Kier molecular flexibility index (Phi) is 10.7. The number of benzene rings is 1. The van der Waals surface area contributed by atoms with Gasteiger partial charge < -0.3 is 40.6 Å². The minimum atomic E-state index is -0.850. The largest absolute Gasteiger partial charge is 0.497 e. The van der Waals surface area contributed by atoms with Gasteiger partial charge in [0, 0.05) is 33.0 Å². The molecule has 0 unspecified atom stereocenters. The number of pyridine rings is 1. The second-order valence-corrected chi connectivity index (χ2v) is 12.1. The highest BCUT2D eigenvalue weighted by Gasteiger charge is 2.43. The van der Waals surface area contributed by atoms with E-state index in [2.05, 4.69) is 15.3 Å². The van der Waals surface area contributed by atoms with Crippen molar-refractivity contribution in [1.82, 2.24) is 15.2 Å². The van der Waals surface area contributed by atoms with Crippen molar-refractivity contribution in [1.29, 1.82) is 0 Å². The Morgan fingerprint density at radius 1 is 1.24 bits per heavy atom. The smallest absolute Gasteiger partial charge is 0.408 e. The molecule has 1 aromatic heterocycles. The van der Waals surface area contributed by atoms with Crippen LogP contribution in [0.2, 0.25) is 0 Å². The molecule has 12 nitrogen and oxygen atoms in total. The van der Waals surface area contributed by atoms with Crippen LogP contribution in [0, 0.1) is 5.41 Å². The van der Waals surface area contributed by atoms with Gasteiger partial charge in [-0.15, -0.1) is 0 Å². The third kappa shape index (κ3) is 8.80. The summed E-state index contributed by atoms with van der Waals surface area (Å²) in [5.41, 5.74) is 10.4. The predicted molar refractivity (Wildman–Crippen MR) is 166 cm³/mol. The van der Waals surface area contributed by atoms with Gasteiger partial charge in [-0.3, -0.25) is 4.79 Å². The quantitative estimate of drug-likeness (QED) is 0.273. The van der Waals surface area contributed by atoms with E-state index >= 15 is 0 Å². The number of ether oxygens (including phenoxy) is 4. The van der Waals surface area contributed by atoms with Crippen LogP contribution >= 0.6 is 0 Å². The SMILES string of the molecule is COc1ccc2c(O[C@@H]3C[C@@H](COCN)N(C(=O)[C@@H](NC(=O)OC(C)(C)C)C(C)(C)C)C3)cc(N=C/C=C\N)nc2c1.[HH].[HH]. The maximum absolute atomic E-state index is 14.0. The number of methoxy groups -OCH3 is 1. The number of nitrogens with two attached hydrogens (primary N) is 2. The van der Waals surface area contributed by atoms with Crippen LogP contribution < -0.4 is 26.3 Å². The zero-order chi connectivity index (χ0) is 31.1. The van der Waals surface area contributed by atoms with Crippen LogP contribution in [0.1, 0.15) is 50.8 Å². The van der Waals surface area contributed by atoms with Gasteiger partial charge in [0.15, 0.2) is 5.82 Å². The monoisotopic (exact) mass is 588 g/mol. The van der Waals surface area contributed by atoms with Crippen molar-refractivity contribution >= 4 is 34.9 Å². The van der Waals surface area contributed by atoms with Crippen molar-refractivity contribution in [2.24, 2.45) is 21.9 Å². The third-order valence-corrected chi connectivity index (χ3v) is 6.52. The number of hydrogen-bond acceptors (Lipinski definition) is 10. The van der Waals surface area contributed by atoms with E-state index < -0.39 is 23.2 Å². The van der Waals surface area contributed by atoms with Crippen molar-refractivity contribution in [2.75, 3.05) is 27.0 Å².